The number of fused-ring (bicyclic) bond motifs is 1. The summed E-state index contributed by atoms with van der Waals surface area (Å²) in [6.45, 7) is 4.32. The Labute approximate surface area is 168 Å². The van der Waals surface area contributed by atoms with E-state index in [9.17, 15) is 0 Å². The Hall–Kier alpha value is -1.32. The summed E-state index contributed by atoms with van der Waals surface area (Å²) in [5.41, 5.74) is 7.40. The van der Waals surface area contributed by atoms with Crippen LogP contribution in [0, 0.1) is 13.8 Å². The third-order valence-electron chi connectivity index (χ3n) is 5.63. The summed E-state index contributed by atoms with van der Waals surface area (Å²) >= 11 is 10.0. The topological polar surface area (TPSA) is 17.3 Å². The van der Waals surface area contributed by atoms with Gasteiger partial charge in [-0.3, -0.25) is 4.40 Å². The van der Waals surface area contributed by atoms with Gasteiger partial charge in [-0.15, -0.1) is 0 Å². The first kappa shape index (κ1) is 18.1. The number of halogens is 2. The quantitative estimate of drug-likeness (QED) is 0.436. The molecule has 0 saturated heterocycles. The third kappa shape index (κ3) is 3.32. The van der Waals surface area contributed by atoms with Crippen LogP contribution in [0.1, 0.15) is 66.2 Å². The molecule has 1 saturated carbocycles. The molecule has 0 amide bonds. The molecular formula is C22H24BrClN2. The van der Waals surface area contributed by atoms with Crippen LogP contribution in [0.15, 0.2) is 34.8 Å². The fraction of sp³-hybridized carbons (Fsp3) is 0.409. The van der Waals surface area contributed by atoms with E-state index in [-0.39, 0.29) is 0 Å². The van der Waals surface area contributed by atoms with Gasteiger partial charge in [-0.05, 0) is 71.9 Å². The number of nitrogens with zero attached hydrogens (tertiary/aromatic N) is 2. The van der Waals surface area contributed by atoms with Gasteiger partial charge in [0.15, 0.2) is 0 Å². The lowest BCUT2D eigenvalue weighted by Crippen LogP contribution is -2.09. The summed E-state index contributed by atoms with van der Waals surface area (Å²) in [5, 5.41) is 0.796. The molecule has 0 unspecified atom stereocenters. The number of benzene rings is 1. The van der Waals surface area contributed by atoms with E-state index >= 15 is 0 Å². The molecule has 136 valence electrons. The Morgan fingerprint density at radius 1 is 1.15 bits per heavy atom. The van der Waals surface area contributed by atoms with Gasteiger partial charge in [0.05, 0.1) is 11.4 Å². The predicted octanol–water partition coefficient (Wildman–Crippen LogP) is 7.01. The molecule has 1 aliphatic rings. The molecule has 4 heteroatoms. The summed E-state index contributed by atoms with van der Waals surface area (Å²) in [4.78, 5) is 5.13. The van der Waals surface area contributed by atoms with E-state index in [2.05, 4.69) is 52.4 Å². The van der Waals surface area contributed by atoms with Crippen molar-refractivity contribution < 1.29 is 0 Å². The van der Waals surface area contributed by atoms with Crippen molar-refractivity contribution in [1.82, 2.24) is 9.38 Å². The fourth-order valence-electron chi connectivity index (χ4n) is 4.32. The van der Waals surface area contributed by atoms with E-state index in [1.165, 1.54) is 64.8 Å². The lowest BCUT2D eigenvalue weighted by atomic mass is 9.85. The molecule has 0 spiro atoms. The van der Waals surface area contributed by atoms with E-state index in [4.69, 9.17) is 16.6 Å². The van der Waals surface area contributed by atoms with Crippen molar-refractivity contribution >= 4 is 33.2 Å². The van der Waals surface area contributed by atoms with Gasteiger partial charge < -0.3 is 0 Å². The van der Waals surface area contributed by atoms with Crippen molar-refractivity contribution in [2.75, 3.05) is 0 Å². The Balaban J connectivity index is 1.89. The van der Waals surface area contributed by atoms with Crippen LogP contribution in [0.2, 0.25) is 5.02 Å². The van der Waals surface area contributed by atoms with Crippen LogP contribution in [-0.4, -0.2) is 9.38 Å². The average Bonchev–Trinajstić information content (AvgIpc) is 2.98. The molecule has 26 heavy (non-hydrogen) atoms. The van der Waals surface area contributed by atoms with Gasteiger partial charge in [0.25, 0.3) is 0 Å². The molecule has 0 radical (unpaired) electrons. The van der Waals surface area contributed by atoms with Gasteiger partial charge in [0.1, 0.15) is 5.65 Å². The average molecular weight is 432 g/mol. The number of hydrogen-bond acceptors (Lipinski definition) is 1. The fourth-order valence-corrected chi connectivity index (χ4v) is 4.82. The molecule has 0 aliphatic heterocycles. The maximum absolute atomic E-state index is 6.24. The molecule has 0 bridgehead atoms. The lowest BCUT2D eigenvalue weighted by Gasteiger charge is -2.21. The second-order valence-corrected chi connectivity index (χ2v) is 8.74. The van der Waals surface area contributed by atoms with Crippen molar-refractivity contribution in [1.29, 1.82) is 0 Å². The number of rotatable bonds is 3. The standard InChI is InChI=1S/C22H24BrClN2/c1-14-11-20-25-22(17-8-4-3-5-9-17)19(26(20)15(2)21(14)23)13-16-7-6-10-18(24)12-16/h6-7,10-12,17H,3-5,8-9,13H2,1-2H3. The van der Waals surface area contributed by atoms with Gasteiger partial charge >= 0.3 is 0 Å². The highest BCUT2D eigenvalue weighted by Crippen LogP contribution is 2.36. The number of pyridine rings is 1. The number of hydrogen-bond donors (Lipinski definition) is 0. The minimum absolute atomic E-state index is 0.580. The van der Waals surface area contributed by atoms with Crippen LogP contribution in [0.4, 0.5) is 0 Å². The molecule has 2 nitrogen and oxygen atoms in total. The van der Waals surface area contributed by atoms with E-state index in [0.29, 0.717) is 5.92 Å². The van der Waals surface area contributed by atoms with E-state index in [0.717, 1.165) is 17.1 Å². The highest BCUT2D eigenvalue weighted by atomic mass is 79.9. The highest BCUT2D eigenvalue weighted by Gasteiger charge is 2.24. The zero-order valence-corrected chi connectivity index (χ0v) is 17.7. The van der Waals surface area contributed by atoms with E-state index in [1.54, 1.807) is 0 Å². The lowest BCUT2D eigenvalue weighted by molar-refractivity contribution is 0.436. The zero-order valence-electron chi connectivity index (χ0n) is 15.4. The van der Waals surface area contributed by atoms with Crippen LogP contribution in [0.5, 0.6) is 0 Å². The molecule has 2 heterocycles. The molecule has 2 aromatic heterocycles. The van der Waals surface area contributed by atoms with Crippen LogP contribution in [-0.2, 0) is 6.42 Å². The van der Waals surface area contributed by atoms with Crippen molar-refractivity contribution in [3.63, 3.8) is 0 Å². The Morgan fingerprint density at radius 2 is 1.92 bits per heavy atom. The SMILES string of the molecule is Cc1cc2nc(C3CCCCC3)c(Cc3cccc(Cl)c3)n2c(C)c1Br. The van der Waals surface area contributed by atoms with Crippen LogP contribution >= 0.6 is 27.5 Å². The molecule has 4 rings (SSSR count). The molecule has 0 atom stereocenters. The number of imidazole rings is 1. The third-order valence-corrected chi connectivity index (χ3v) is 7.06. The van der Waals surface area contributed by atoms with Crippen molar-refractivity contribution in [2.24, 2.45) is 0 Å². The first-order chi connectivity index (χ1) is 12.5. The smallest absolute Gasteiger partial charge is 0.137 e. The van der Waals surface area contributed by atoms with Crippen LogP contribution in [0.3, 0.4) is 0 Å². The largest absolute Gasteiger partial charge is 0.300 e. The minimum Gasteiger partial charge on any atom is -0.300 e. The van der Waals surface area contributed by atoms with Gasteiger partial charge in [-0.2, -0.15) is 0 Å². The molecule has 1 aliphatic carbocycles. The highest BCUT2D eigenvalue weighted by molar-refractivity contribution is 9.10. The first-order valence-corrected chi connectivity index (χ1v) is 10.6. The monoisotopic (exact) mass is 430 g/mol. The maximum atomic E-state index is 6.24. The van der Waals surface area contributed by atoms with Crippen LogP contribution in [0.25, 0.3) is 5.65 Å². The normalized spacial score (nSPS) is 15.7. The summed E-state index contributed by atoms with van der Waals surface area (Å²) in [6, 6.07) is 10.4. The molecule has 1 fully saturated rings. The second-order valence-electron chi connectivity index (χ2n) is 7.51. The summed E-state index contributed by atoms with van der Waals surface area (Å²) in [6.07, 6.45) is 7.37. The van der Waals surface area contributed by atoms with Crippen LogP contribution < -0.4 is 0 Å². The maximum Gasteiger partial charge on any atom is 0.137 e. The van der Waals surface area contributed by atoms with E-state index < -0.39 is 0 Å². The first-order valence-electron chi connectivity index (χ1n) is 9.46. The van der Waals surface area contributed by atoms with E-state index in [1.807, 2.05) is 12.1 Å². The summed E-state index contributed by atoms with van der Waals surface area (Å²) in [5.74, 6) is 0.580. The molecular weight excluding hydrogens is 408 g/mol. The van der Waals surface area contributed by atoms with Crippen molar-refractivity contribution in [3.8, 4) is 0 Å². The Morgan fingerprint density at radius 3 is 2.65 bits per heavy atom. The Kier molecular flexibility index (Phi) is 5.11. The second kappa shape index (κ2) is 7.36. The summed E-state index contributed by atoms with van der Waals surface area (Å²) < 4.78 is 3.52. The van der Waals surface area contributed by atoms with Gasteiger partial charge in [-0.1, -0.05) is 43.0 Å². The molecule has 0 N–H and O–H groups in total. The zero-order chi connectivity index (χ0) is 18.3. The Bertz CT molecular complexity index is 954. The minimum atomic E-state index is 0.580. The summed E-state index contributed by atoms with van der Waals surface area (Å²) in [7, 11) is 0. The van der Waals surface area contributed by atoms with Crippen molar-refractivity contribution in [3.05, 3.63) is 68.0 Å². The molecule has 3 aromatic rings. The van der Waals surface area contributed by atoms with Crippen molar-refractivity contribution in [2.45, 2.75) is 58.3 Å². The predicted molar refractivity (Wildman–Crippen MR) is 112 cm³/mol. The van der Waals surface area contributed by atoms with Gasteiger partial charge in [0, 0.05) is 27.5 Å². The van der Waals surface area contributed by atoms with Gasteiger partial charge in [0.2, 0.25) is 0 Å². The number of aromatic nitrogens is 2. The number of aryl methyl sites for hydroxylation is 2. The van der Waals surface area contributed by atoms with Gasteiger partial charge in [-0.25, -0.2) is 4.98 Å². The molecule has 1 aromatic carbocycles.